The van der Waals surface area contributed by atoms with Crippen LogP contribution in [0.2, 0.25) is 0 Å². The van der Waals surface area contributed by atoms with Gasteiger partial charge in [-0.05, 0) is 78.8 Å². The largest absolute Gasteiger partial charge is 0.508 e. The van der Waals surface area contributed by atoms with Crippen LogP contribution >= 0.6 is 11.8 Å². The molecule has 0 fully saturated rings. The molecule has 0 aliphatic rings. The van der Waals surface area contributed by atoms with E-state index < -0.39 is 0 Å². The lowest BCUT2D eigenvalue weighted by atomic mass is 9.95. The van der Waals surface area contributed by atoms with Crippen molar-refractivity contribution in [3.05, 3.63) is 47.5 Å². The summed E-state index contributed by atoms with van der Waals surface area (Å²) in [5.74, 6) is 2.35. The van der Waals surface area contributed by atoms with Gasteiger partial charge in [0.1, 0.15) is 11.5 Å². The molecule has 0 atom stereocenters. The van der Waals surface area contributed by atoms with Crippen molar-refractivity contribution >= 4 is 11.8 Å². The van der Waals surface area contributed by atoms with E-state index in [2.05, 4.69) is 32.2 Å². The van der Waals surface area contributed by atoms with Gasteiger partial charge in [-0.1, -0.05) is 12.1 Å². The van der Waals surface area contributed by atoms with Crippen molar-refractivity contribution in [2.24, 2.45) is 0 Å². The molecule has 21 heavy (non-hydrogen) atoms. The number of rotatable bonds is 6. The molecule has 0 spiro atoms. The van der Waals surface area contributed by atoms with Crippen molar-refractivity contribution in [3.8, 4) is 22.6 Å². The molecule has 2 aromatic carbocycles. The number of phenols is 1. The molecule has 0 amide bonds. The number of hydrogen-bond donors (Lipinski definition) is 1. The van der Waals surface area contributed by atoms with Gasteiger partial charge in [-0.2, -0.15) is 11.8 Å². The first-order valence-corrected chi connectivity index (χ1v) is 8.53. The van der Waals surface area contributed by atoms with Gasteiger partial charge in [0.25, 0.3) is 0 Å². The minimum atomic E-state index is 0.295. The molecule has 0 heterocycles. The van der Waals surface area contributed by atoms with Crippen molar-refractivity contribution < 1.29 is 9.84 Å². The lowest BCUT2D eigenvalue weighted by Crippen LogP contribution is -2.00. The molecule has 1 N–H and O–H groups in total. The Morgan fingerprint density at radius 3 is 2.43 bits per heavy atom. The molecular weight excluding hydrogens is 280 g/mol. The van der Waals surface area contributed by atoms with E-state index in [1.165, 1.54) is 16.7 Å². The lowest BCUT2D eigenvalue weighted by molar-refractivity contribution is 0.318. The molecule has 2 nitrogen and oxygen atoms in total. The highest BCUT2D eigenvalue weighted by atomic mass is 32.2. The van der Waals surface area contributed by atoms with Gasteiger partial charge in [-0.25, -0.2) is 0 Å². The third kappa shape index (κ3) is 4.18. The molecular formula is C18H22O2S. The predicted molar refractivity (Wildman–Crippen MR) is 91.5 cm³/mol. The molecule has 0 aliphatic heterocycles. The van der Waals surface area contributed by atoms with E-state index in [1.54, 1.807) is 12.1 Å². The standard InChI is InChI=1S/C18H22O2S/c1-13-10-17(20-8-5-9-21-3)11-14(2)18(13)15-6-4-7-16(19)12-15/h4,6-7,10-12,19H,5,8-9H2,1-3H3. The number of aryl methyl sites for hydroxylation is 2. The van der Waals surface area contributed by atoms with E-state index in [9.17, 15) is 5.11 Å². The molecule has 0 aliphatic carbocycles. The van der Waals surface area contributed by atoms with E-state index >= 15 is 0 Å². The maximum Gasteiger partial charge on any atom is 0.119 e. The molecule has 0 saturated carbocycles. The van der Waals surface area contributed by atoms with Crippen molar-refractivity contribution in [2.75, 3.05) is 18.6 Å². The third-order valence-electron chi connectivity index (χ3n) is 3.40. The summed E-state index contributed by atoms with van der Waals surface area (Å²) in [6.07, 6.45) is 3.17. The van der Waals surface area contributed by atoms with Gasteiger partial charge < -0.3 is 9.84 Å². The van der Waals surface area contributed by atoms with Crippen molar-refractivity contribution in [1.29, 1.82) is 0 Å². The average molecular weight is 302 g/mol. The Labute approximate surface area is 131 Å². The highest BCUT2D eigenvalue weighted by molar-refractivity contribution is 7.98. The summed E-state index contributed by atoms with van der Waals surface area (Å²) in [6.45, 7) is 4.92. The summed E-state index contributed by atoms with van der Waals surface area (Å²) >= 11 is 1.84. The van der Waals surface area contributed by atoms with Crippen LogP contribution in [0.3, 0.4) is 0 Å². The maximum atomic E-state index is 9.65. The van der Waals surface area contributed by atoms with Gasteiger partial charge >= 0.3 is 0 Å². The minimum absolute atomic E-state index is 0.295. The fourth-order valence-electron chi connectivity index (χ4n) is 2.52. The van der Waals surface area contributed by atoms with Gasteiger partial charge in [0.2, 0.25) is 0 Å². The molecule has 112 valence electrons. The summed E-state index contributed by atoms with van der Waals surface area (Å²) in [5.41, 5.74) is 4.54. The molecule has 3 heteroatoms. The molecule has 0 radical (unpaired) electrons. The van der Waals surface area contributed by atoms with E-state index in [-0.39, 0.29) is 0 Å². The number of phenolic OH excluding ortho intramolecular Hbond substituents is 1. The molecule has 0 unspecified atom stereocenters. The first-order chi connectivity index (χ1) is 10.1. The number of benzene rings is 2. The zero-order chi connectivity index (χ0) is 15.2. The van der Waals surface area contributed by atoms with Crippen LogP contribution in [0.5, 0.6) is 11.5 Å². The zero-order valence-corrected chi connectivity index (χ0v) is 13.7. The van der Waals surface area contributed by atoms with Crippen LogP contribution in [0.15, 0.2) is 36.4 Å². The van der Waals surface area contributed by atoms with Crippen molar-refractivity contribution in [1.82, 2.24) is 0 Å². The third-order valence-corrected chi connectivity index (χ3v) is 4.10. The Morgan fingerprint density at radius 2 is 1.81 bits per heavy atom. The topological polar surface area (TPSA) is 29.5 Å². The second kappa shape index (κ2) is 7.41. The quantitative estimate of drug-likeness (QED) is 0.777. The highest BCUT2D eigenvalue weighted by Crippen LogP contribution is 2.32. The number of ether oxygens (including phenoxy) is 1. The van der Waals surface area contributed by atoms with Gasteiger partial charge in [0.15, 0.2) is 0 Å². The fourth-order valence-corrected chi connectivity index (χ4v) is 2.92. The summed E-state index contributed by atoms with van der Waals surface area (Å²) in [7, 11) is 0. The maximum absolute atomic E-state index is 9.65. The summed E-state index contributed by atoms with van der Waals surface area (Å²) in [4.78, 5) is 0. The normalized spacial score (nSPS) is 10.6. The van der Waals surface area contributed by atoms with Crippen LogP contribution in [-0.2, 0) is 0 Å². The fraction of sp³-hybridized carbons (Fsp3) is 0.333. The Kier molecular flexibility index (Phi) is 5.57. The SMILES string of the molecule is CSCCCOc1cc(C)c(-c2cccc(O)c2)c(C)c1. The molecule has 0 saturated heterocycles. The molecule has 2 aromatic rings. The predicted octanol–water partition coefficient (Wildman–Crippen LogP) is 4.81. The van der Waals surface area contributed by atoms with Crippen LogP contribution < -0.4 is 4.74 Å². The Morgan fingerprint density at radius 1 is 1.10 bits per heavy atom. The molecule has 2 rings (SSSR count). The second-order valence-corrected chi connectivity index (χ2v) is 6.16. The number of aromatic hydroxyl groups is 1. The summed E-state index contributed by atoms with van der Waals surface area (Å²) in [5, 5.41) is 9.65. The zero-order valence-electron chi connectivity index (χ0n) is 12.8. The lowest BCUT2D eigenvalue weighted by Gasteiger charge is -2.14. The highest BCUT2D eigenvalue weighted by Gasteiger charge is 2.09. The van der Waals surface area contributed by atoms with E-state index in [0.717, 1.165) is 30.1 Å². The van der Waals surface area contributed by atoms with E-state index in [4.69, 9.17) is 4.74 Å². The van der Waals surface area contributed by atoms with Crippen LogP contribution in [-0.4, -0.2) is 23.7 Å². The monoisotopic (exact) mass is 302 g/mol. The number of hydrogen-bond acceptors (Lipinski definition) is 3. The van der Waals surface area contributed by atoms with Gasteiger partial charge in [-0.15, -0.1) is 0 Å². The second-order valence-electron chi connectivity index (χ2n) is 5.18. The van der Waals surface area contributed by atoms with Crippen LogP contribution in [0.25, 0.3) is 11.1 Å². The first-order valence-electron chi connectivity index (χ1n) is 7.14. The van der Waals surface area contributed by atoms with Crippen LogP contribution in [0.4, 0.5) is 0 Å². The van der Waals surface area contributed by atoms with Crippen LogP contribution in [0.1, 0.15) is 17.5 Å². The molecule has 0 aromatic heterocycles. The van der Waals surface area contributed by atoms with E-state index in [1.807, 2.05) is 23.9 Å². The van der Waals surface area contributed by atoms with Gasteiger partial charge in [-0.3, -0.25) is 0 Å². The van der Waals surface area contributed by atoms with E-state index in [0.29, 0.717) is 5.75 Å². The Bertz CT molecular complexity index is 585. The summed E-state index contributed by atoms with van der Waals surface area (Å²) in [6, 6.07) is 11.5. The summed E-state index contributed by atoms with van der Waals surface area (Å²) < 4.78 is 5.82. The van der Waals surface area contributed by atoms with Gasteiger partial charge in [0.05, 0.1) is 6.61 Å². The average Bonchev–Trinajstić information content (AvgIpc) is 2.43. The molecule has 0 bridgehead atoms. The smallest absolute Gasteiger partial charge is 0.119 e. The minimum Gasteiger partial charge on any atom is -0.508 e. The van der Waals surface area contributed by atoms with Crippen molar-refractivity contribution in [3.63, 3.8) is 0 Å². The van der Waals surface area contributed by atoms with Crippen molar-refractivity contribution in [2.45, 2.75) is 20.3 Å². The first kappa shape index (κ1) is 15.8. The Hall–Kier alpha value is -1.61. The van der Waals surface area contributed by atoms with Gasteiger partial charge in [0, 0.05) is 0 Å². The number of thioether (sulfide) groups is 1. The van der Waals surface area contributed by atoms with Crippen LogP contribution in [0, 0.1) is 13.8 Å². The Balaban J connectivity index is 2.21.